The number of aromatic nitrogens is 3. The second-order valence-electron chi connectivity index (χ2n) is 4.78. The summed E-state index contributed by atoms with van der Waals surface area (Å²) >= 11 is 0. The Bertz CT molecular complexity index is 551. The number of hydrogen-bond acceptors (Lipinski definition) is 3. The van der Waals surface area contributed by atoms with Crippen molar-refractivity contribution in [3.05, 3.63) is 29.7 Å². The predicted octanol–water partition coefficient (Wildman–Crippen LogP) is 1.13. The minimum atomic E-state index is -0.571. The molecule has 0 aliphatic heterocycles. The maximum absolute atomic E-state index is 11.1. The highest BCUT2D eigenvalue weighted by atomic mass is 16.1. The third-order valence-corrected chi connectivity index (χ3v) is 2.49. The topological polar surface area (TPSA) is 73.3 Å². The molecular formula is C11H14N4O. The van der Waals surface area contributed by atoms with Gasteiger partial charge in [-0.05, 0) is 17.0 Å². The van der Waals surface area contributed by atoms with Crippen molar-refractivity contribution in [1.82, 2.24) is 14.6 Å². The first-order valence-electron chi connectivity index (χ1n) is 5.04. The molecule has 5 nitrogen and oxygen atoms in total. The lowest BCUT2D eigenvalue weighted by Crippen LogP contribution is -2.17. The van der Waals surface area contributed by atoms with Crippen LogP contribution in [0.1, 0.15) is 37.0 Å². The maximum atomic E-state index is 11.1. The van der Waals surface area contributed by atoms with Gasteiger partial charge in [-0.1, -0.05) is 26.8 Å². The van der Waals surface area contributed by atoms with Crippen molar-refractivity contribution in [3.63, 3.8) is 0 Å². The van der Waals surface area contributed by atoms with Gasteiger partial charge in [0.1, 0.15) is 0 Å². The highest BCUT2D eigenvalue weighted by Gasteiger charge is 2.17. The molecule has 0 bridgehead atoms. The van der Waals surface area contributed by atoms with Crippen molar-refractivity contribution in [2.75, 3.05) is 0 Å². The molecule has 0 atom stereocenters. The van der Waals surface area contributed by atoms with Gasteiger partial charge in [-0.15, -0.1) is 10.2 Å². The molecule has 2 rings (SSSR count). The maximum Gasteiger partial charge on any atom is 0.287 e. The fourth-order valence-electron chi connectivity index (χ4n) is 1.50. The average Bonchev–Trinajstić information content (AvgIpc) is 2.58. The number of nitrogens with zero attached hydrogens (tertiary/aromatic N) is 3. The van der Waals surface area contributed by atoms with E-state index < -0.39 is 5.91 Å². The monoisotopic (exact) mass is 218 g/mol. The molecule has 0 aliphatic carbocycles. The number of hydrogen-bond donors (Lipinski definition) is 1. The SMILES string of the molecule is CC(C)(C)c1ccc2nnc(C(N)=O)n2c1. The summed E-state index contributed by atoms with van der Waals surface area (Å²) in [6.07, 6.45) is 1.86. The van der Waals surface area contributed by atoms with Crippen LogP contribution in [-0.2, 0) is 5.41 Å². The van der Waals surface area contributed by atoms with E-state index in [4.69, 9.17) is 5.73 Å². The first kappa shape index (κ1) is 10.6. The molecule has 0 aliphatic rings. The molecule has 0 saturated heterocycles. The second-order valence-corrected chi connectivity index (χ2v) is 4.78. The minimum absolute atomic E-state index is 0.00732. The molecule has 0 saturated carbocycles. The molecule has 0 radical (unpaired) electrons. The van der Waals surface area contributed by atoms with Crippen molar-refractivity contribution in [3.8, 4) is 0 Å². The van der Waals surface area contributed by atoms with Crippen LogP contribution >= 0.6 is 0 Å². The number of amides is 1. The third kappa shape index (κ3) is 1.64. The lowest BCUT2D eigenvalue weighted by molar-refractivity contribution is 0.0989. The molecule has 84 valence electrons. The summed E-state index contributed by atoms with van der Waals surface area (Å²) in [7, 11) is 0. The van der Waals surface area contributed by atoms with E-state index in [2.05, 4.69) is 31.0 Å². The predicted molar refractivity (Wildman–Crippen MR) is 60.2 cm³/mol. The number of fused-ring (bicyclic) bond motifs is 1. The quantitative estimate of drug-likeness (QED) is 0.779. The van der Waals surface area contributed by atoms with Crippen molar-refractivity contribution < 1.29 is 4.79 Å². The van der Waals surface area contributed by atoms with Gasteiger partial charge in [0.15, 0.2) is 5.65 Å². The van der Waals surface area contributed by atoms with E-state index in [1.807, 2.05) is 18.3 Å². The van der Waals surface area contributed by atoms with Gasteiger partial charge in [-0.3, -0.25) is 9.20 Å². The van der Waals surface area contributed by atoms with Gasteiger partial charge in [0.05, 0.1) is 0 Å². The summed E-state index contributed by atoms with van der Waals surface area (Å²) < 4.78 is 1.63. The molecule has 0 spiro atoms. The van der Waals surface area contributed by atoms with Crippen LogP contribution in [0.5, 0.6) is 0 Å². The Hall–Kier alpha value is -1.91. The van der Waals surface area contributed by atoms with Crippen molar-refractivity contribution in [2.24, 2.45) is 5.73 Å². The standard InChI is InChI=1S/C11H14N4O/c1-11(2,3)7-4-5-8-13-14-10(9(12)16)15(8)6-7/h4-6H,1-3H3,(H2,12,16). The smallest absolute Gasteiger partial charge is 0.287 e. The van der Waals surface area contributed by atoms with E-state index in [0.717, 1.165) is 5.56 Å². The molecule has 5 heteroatoms. The van der Waals surface area contributed by atoms with Crippen LogP contribution in [-0.4, -0.2) is 20.5 Å². The number of nitrogens with two attached hydrogens (primary N) is 1. The van der Waals surface area contributed by atoms with Crippen LogP contribution in [0.4, 0.5) is 0 Å². The molecule has 16 heavy (non-hydrogen) atoms. The molecule has 0 aromatic carbocycles. The van der Waals surface area contributed by atoms with E-state index >= 15 is 0 Å². The average molecular weight is 218 g/mol. The summed E-state index contributed by atoms with van der Waals surface area (Å²) in [5, 5.41) is 7.63. The summed E-state index contributed by atoms with van der Waals surface area (Å²) in [6, 6.07) is 3.81. The van der Waals surface area contributed by atoms with Gasteiger partial charge in [0, 0.05) is 6.20 Å². The fraction of sp³-hybridized carbons (Fsp3) is 0.364. The van der Waals surface area contributed by atoms with Crippen molar-refractivity contribution >= 4 is 11.6 Å². The molecule has 2 heterocycles. The molecule has 2 aromatic rings. The summed E-state index contributed by atoms with van der Waals surface area (Å²) in [6.45, 7) is 6.30. The number of pyridine rings is 1. The first-order chi connectivity index (χ1) is 7.39. The minimum Gasteiger partial charge on any atom is -0.363 e. The summed E-state index contributed by atoms with van der Waals surface area (Å²) in [5.41, 5.74) is 6.95. The second kappa shape index (κ2) is 3.30. The number of carbonyl (C=O) groups excluding carboxylic acids is 1. The van der Waals surface area contributed by atoms with Gasteiger partial charge >= 0.3 is 0 Å². The van der Waals surface area contributed by atoms with Crippen molar-refractivity contribution in [1.29, 1.82) is 0 Å². The van der Waals surface area contributed by atoms with Gasteiger partial charge in [0.25, 0.3) is 5.91 Å². The molecule has 2 N–H and O–H groups in total. The first-order valence-corrected chi connectivity index (χ1v) is 5.04. The molecule has 1 amide bonds. The summed E-state index contributed by atoms with van der Waals surface area (Å²) in [5.74, 6) is -0.403. The molecule has 2 aromatic heterocycles. The Morgan fingerprint density at radius 3 is 2.56 bits per heavy atom. The van der Waals surface area contributed by atoms with Crippen LogP contribution in [0.2, 0.25) is 0 Å². The van der Waals surface area contributed by atoms with E-state index in [1.165, 1.54) is 0 Å². The Balaban J connectivity index is 2.68. The van der Waals surface area contributed by atoms with E-state index in [-0.39, 0.29) is 11.2 Å². The third-order valence-electron chi connectivity index (χ3n) is 2.49. The molecular weight excluding hydrogens is 204 g/mol. The van der Waals surface area contributed by atoms with Gasteiger partial charge < -0.3 is 5.73 Å². The van der Waals surface area contributed by atoms with Crippen LogP contribution < -0.4 is 5.73 Å². The highest BCUT2D eigenvalue weighted by molar-refractivity contribution is 5.89. The van der Waals surface area contributed by atoms with E-state index in [1.54, 1.807) is 4.40 Å². The van der Waals surface area contributed by atoms with Crippen LogP contribution in [0.15, 0.2) is 18.3 Å². The molecule has 0 fully saturated rings. The normalized spacial score (nSPS) is 11.9. The zero-order valence-corrected chi connectivity index (χ0v) is 9.56. The Kier molecular flexibility index (Phi) is 2.18. The molecule has 0 unspecified atom stereocenters. The Morgan fingerprint density at radius 1 is 1.31 bits per heavy atom. The van der Waals surface area contributed by atoms with Crippen LogP contribution in [0.3, 0.4) is 0 Å². The van der Waals surface area contributed by atoms with Gasteiger partial charge in [0.2, 0.25) is 5.82 Å². The largest absolute Gasteiger partial charge is 0.363 e. The van der Waals surface area contributed by atoms with Crippen molar-refractivity contribution in [2.45, 2.75) is 26.2 Å². The zero-order valence-electron chi connectivity index (χ0n) is 9.56. The number of rotatable bonds is 1. The number of carbonyl (C=O) groups is 1. The fourth-order valence-corrected chi connectivity index (χ4v) is 1.50. The van der Waals surface area contributed by atoms with E-state index in [0.29, 0.717) is 5.65 Å². The van der Waals surface area contributed by atoms with Gasteiger partial charge in [-0.2, -0.15) is 0 Å². The van der Waals surface area contributed by atoms with Crippen LogP contribution in [0, 0.1) is 0 Å². The highest BCUT2D eigenvalue weighted by Crippen LogP contribution is 2.22. The number of primary amides is 1. The Morgan fingerprint density at radius 2 is 2.00 bits per heavy atom. The lowest BCUT2D eigenvalue weighted by atomic mass is 9.88. The van der Waals surface area contributed by atoms with Gasteiger partial charge in [-0.25, -0.2) is 0 Å². The van der Waals surface area contributed by atoms with Crippen LogP contribution in [0.25, 0.3) is 5.65 Å². The van der Waals surface area contributed by atoms with E-state index in [9.17, 15) is 4.79 Å². The zero-order chi connectivity index (χ0) is 11.9. The summed E-state index contributed by atoms with van der Waals surface area (Å²) in [4.78, 5) is 11.1. The Labute approximate surface area is 93.3 Å². The lowest BCUT2D eigenvalue weighted by Gasteiger charge is -2.18.